The molecule has 0 aromatic carbocycles. The van der Waals surface area contributed by atoms with E-state index in [2.05, 4.69) is 29.1 Å². The highest BCUT2D eigenvalue weighted by Crippen LogP contribution is 2.36. The molecule has 1 aromatic rings. The highest BCUT2D eigenvalue weighted by atomic mass is 14.9. The number of hydrogen-bond donors (Lipinski definition) is 1. The molecule has 1 N–H and O–H groups in total. The van der Waals surface area contributed by atoms with Gasteiger partial charge in [-0.15, -0.1) is 0 Å². The Morgan fingerprint density at radius 1 is 1.24 bits per heavy atom. The fourth-order valence-electron chi connectivity index (χ4n) is 2.87. The average molecular weight is 233 g/mol. The highest BCUT2D eigenvalue weighted by Gasteiger charge is 2.26. The van der Waals surface area contributed by atoms with Crippen LogP contribution in [0.5, 0.6) is 0 Å². The predicted molar refractivity (Wildman–Crippen MR) is 69.6 cm³/mol. The van der Waals surface area contributed by atoms with Gasteiger partial charge >= 0.3 is 0 Å². The fourth-order valence-corrected chi connectivity index (χ4v) is 2.87. The van der Waals surface area contributed by atoms with Gasteiger partial charge in [0.1, 0.15) is 6.33 Å². The summed E-state index contributed by atoms with van der Waals surface area (Å²) in [6.07, 6.45) is 10.9. The molecule has 1 saturated carbocycles. The van der Waals surface area contributed by atoms with Gasteiger partial charge in [-0.2, -0.15) is 0 Å². The lowest BCUT2D eigenvalue weighted by Gasteiger charge is -2.33. The monoisotopic (exact) mass is 233 g/mol. The zero-order valence-electron chi connectivity index (χ0n) is 10.9. The van der Waals surface area contributed by atoms with Crippen molar-refractivity contribution in [2.75, 3.05) is 6.54 Å². The Balaban J connectivity index is 2.07. The van der Waals surface area contributed by atoms with Gasteiger partial charge in [0, 0.05) is 24.0 Å². The van der Waals surface area contributed by atoms with E-state index in [1.807, 2.05) is 12.4 Å². The third kappa shape index (κ3) is 3.25. The van der Waals surface area contributed by atoms with E-state index in [-0.39, 0.29) is 0 Å². The van der Waals surface area contributed by atoms with Crippen LogP contribution in [0.2, 0.25) is 0 Å². The van der Waals surface area contributed by atoms with Gasteiger partial charge in [-0.3, -0.25) is 0 Å². The van der Waals surface area contributed by atoms with Crippen LogP contribution < -0.4 is 5.32 Å². The zero-order valence-corrected chi connectivity index (χ0v) is 10.9. The molecule has 1 unspecified atom stereocenters. The Bertz CT molecular complexity index is 317. The molecule has 3 heteroatoms. The van der Waals surface area contributed by atoms with E-state index in [0.717, 1.165) is 18.4 Å². The molecule has 1 aliphatic carbocycles. The van der Waals surface area contributed by atoms with E-state index in [1.54, 1.807) is 6.33 Å². The Kier molecular flexibility index (Phi) is 4.49. The van der Waals surface area contributed by atoms with E-state index in [9.17, 15) is 0 Å². The topological polar surface area (TPSA) is 37.8 Å². The van der Waals surface area contributed by atoms with Crippen LogP contribution in [0.25, 0.3) is 0 Å². The van der Waals surface area contributed by atoms with Gasteiger partial charge in [-0.25, -0.2) is 9.97 Å². The summed E-state index contributed by atoms with van der Waals surface area (Å²) in [6, 6.07) is 0.439. The van der Waals surface area contributed by atoms with E-state index in [4.69, 9.17) is 0 Å². The van der Waals surface area contributed by atoms with Crippen LogP contribution >= 0.6 is 0 Å². The molecule has 1 heterocycles. The number of nitrogens with zero attached hydrogens (tertiary/aromatic N) is 2. The quantitative estimate of drug-likeness (QED) is 0.869. The van der Waals surface area contributed by atoms with Crippen LogP contribution in [0.3, 0.4) is 0 Å². The summed E-state index contributed by atoms with van der Waals surface area (Å²) >= 11 is 0. The molecule has 1 aromatic heterocycles. The summed E-state index contributed by atoms with van der Waals surface area (Å²) in [6.45, 7) is 5.54. The van der Waals surface area contributed by atoms with Crippen molar-refractivity contribution in [3.8, 4) is 0 Å². The molecule has 0 radical (unpaired) electrons. The van der Waals surface area contributed by atoms with Gasteiger partial charge in [-0.05, 0) is 31.2 Å². The molecular weight excluding hydrogens is 210 g/mol. The van der Waals surface area contributed by atoms with Crippen LogP contribution in [0.1, 0.15) is 51.1 Å². The van der Waals surface area contributed by atoms with Crippen LogP contribution in [0.4, 0.5) is 0 Å². The number of aromatic nitrogens is 2. The number of hydrogen-bond acceptors (Lipinski definition) is 3. The smallest absolute Gasteiger partial charge is 0.115 e. The van der Waals surface area contributed by atoms with Crippen LogP contribution in [0, 0.1) is 11.8 Å². The van der Waals surface area contributed by atoms with Crippen LogP contribution in [-0.2, 0) is 0 Å². The lowest BCUT2D eigenvalue weighted by atomic mass is 9.78. The van der Waals surface area contributed by atoms with Crippen LogP contribution in [0.15, 0.2) is 18.7 Å². The van der Waals surface area contributed by atoms with Gasteiger partial charge in [-0.1, -0.05) is 26.7 Å². The third-order valence-electron chi connectivity index (χ3n) is 3.90. The summed E-state index contributed by atoms with van der Waals surface area (Å²) in [5.74, 6) is 1.65. The molecule has 1 aliphatic rings. The molecular formula is C14H23N3. The van der Waals surface area contributed by atoms with Gasteiger partial charge < -0.3 is 5.32 Å². The number of nitrogens with one attached hydrogen (secondary N) is 1. The van der Waals surface area contributed by atoms with Crippen molar-refractivity contribution in [2.24, 2.45) is 11.8 Å². The van der Waals surface area contributed by atoms with Crippen molar-refractivity contribution >= 4 is 0 Å². The molecule has 0 spiro atoms. The zero-order chi connectivity index (χ0) is 12.1. The maximum Gasteiger partial charge on any atom is 0.115 e. The molecule has 0 saturated heterocycles. The second-order valence-corrected chi connectivity index (χ2v) is 5.23. The van der Waals surface area contributed by atoms with Gasteiger partial charge in [0.25, 0.3) is 0 Å². The Labute approximate surface area is 104 Å². The van der Waals surface area contributed by atoms with E-state index in [1.165, 1.54) is 31.2 Å². The SMILES string of the molecule is CCNC(c1cncnc1)C1CCC(C)CC1. The third-order valence-corrected chi connectivity index (χ3v) is 3.90. The van der Waals surface area contributed by atoms with Crippen molar-refractivity contribution in [2.45, 2.75) is 45.6 Å². The molecule has 0 aliphatic heterocycles. The fraction of sp³-hybridized carbons (Fsp3) is 0.714. The molecule has 1 fully saturated rings. The van der Waals surface area contributed by atoms with E-state index in [0.29, 0.717) is 6.04 Å². The second-order valence-electron chi connectivity index (χ2n) is 5.23. The molecule has 0 bridgehead atoms. The molecule has 1 atom stereocenters. The Hall–Kier alpha value is -0.960. The first-order valence-corrected chi connectivity index (χ1v) is 6.79. The lowest BCUT2D eigenvalue weighted by Crippen LogP contribution is -2.30. The summed E-state index contributed by atoms with van der Waals surface area (Å²) < 4.78 is 0. The average Bonchev–Trinajstić information content (AvgIpc) is 2.38. The molecule has 17 heavy (non-hydrogen) atoms. The van der Waals surface area contributed by atoms with Crippen molar-refractivity contribution in [1.82, 2.24) is 15.3 Å². The predicted octanol–water partition coefficient (Wildman–Crippen LogP) is 2.95. The lowest BCUT2D eigenvalue weighted by molar-refractivity contribution is 0.232. The minimum Gasteiger partial charge on any atom is -0.310 e. The summed E-state index contributed by atoms with van der Waals surface area (Å²) in [5.41, 5.74) is 1.24. The Morgan fingerprint density at radius 3 is 2.47 bits per heavy atom. The molecule has 3 nitrogen and oxygen atoms in total. The molecule has 94 valence electrons. The number of rotatable bonds is 4. The summed E-state index contributed by atoms with van der Waals surface area (Å²) in [5, 5.41) is 3.60. The van der Waals surface area contributed by atoms with Gasteiger partial charge in [0.05, 0.1) is 0 Å². The van der Waals surface area contributed by atoms with Crippen LogP contribution in [-0.4, -0.2) is 16.5 Å². The van der Waals surface area contributed by atoms with E-state index >= 15 is 0 Å². The maximum atomic E-state index is 4.15. The standard InChI is InChI=1S/C14H23N3/c1-3-17-14(13-8-15-10-16-9-13)12-6-4-11(2)5-7-12/h8-12,14,17H,3-7H2,1-2H3. The first-order valence-electron chi connectivity index (χ1n) is 6.79. The van der Waals surface area contributed by atoms with Crippen molar-refractivity contribution < 1.29 is 0 Å². The van der Waals surface area contributed by atoms with Crippen molar-refractivity contribution in [3.63, 3.8) is 0 Å². The minimum atomic E-state index is 0.439. The summed E-state index contributed by atoms with van der Waals surface area (Å²) in [7, 11) is 0. The first-order chi connectivity index (χ1) is 8.31. The van der Waals surface area contributed by atoms with Gasteiger partial charge in [0.15, 0.2) is 0 Å². The maximum absolute atomic E-state index is 4.15. The largest absolute Gasteiger partial charge is 0.310 e. The molecule has 2 rings (SSSR count). The van der Waals surface area contributed by atoms with Gasteiger partial charge in [0.2, 0.25) is 0 Å². The second kappa shape index (κ2) is 6.10. The van der Waals surface area contributed by atoms with E-state index < -0.39 is 0 Å². The minimum absolute atomic E-state index is 0.439. The normalized spacial score (nSPS) is 26.7. The molecule has 0 amide bonds. The summed E-state index contributed by atoms with van der Waals surface area (Å²) in [4.78, 5) is 8.29. The van der Waals surface area contributed by atoms with Crippen molar-refractivity contribution in [3.05, 3.63) is 24.3 Å². The van der Waals surface area contributed by atoms with Crippen molar-refractivity contribution in [1.29, 1.82) is 0 Å². The first kappa shape index (κ1) is 12.5. The highest BCUT2D eigenvalue weighted by molar-refractivity contribution is 5.11. The Morgan fingerprint density at radius 2 is 1.88 bits per heavy atom.